The number of nitrogens with zero attached hydrogens (tertiary/aromatic N) is 2. The van der Waals surface area contributed by atoms with Crippen molar-refractivity contribution < 1.29 is 4.74 Å². The summed E-state index contributed by atoms with van der Waals surface area (Å²) in [6, 6.07) is 5.42. The van der Waals surface area contributed by atoms with E-state index in [0.29, 0.717) is 22.5 Å². The van der Waals surface area contributed by atoms with E-state index in [1.54, 1.807) is 12.1 Å². The van der Waals surface area contributed by atoms with Crippen LogP contribution in [0, 0.1) is 0 Å². The van der Waals surface area contributed by atoms with E-state index in [2.05, 4.69) is 31.4 Å². The molecule has 0 radical (unpaired) electrons. The highest BCUT2D eigenvalue weighted by Gasteiger charge is 2.09. The van der Waals surface area contributed by atoms with Crippen LogP contribution < -0.4 is 10.1 Å². The number of hydrogen-bond donors (Lipinski definition) is 1. The molecular weight excluding hydrogens is 338 g/mol. The molecule has 0 aliphatic heterocycles. The van der Waals surface area contributed by atoms with Crippen molar-refractivity contribution in [3.63, 3.8) is 0 Å². The third-order valence-electron chi connectivity index (χ3n) is 2.07. The Morgan fingerprint density at radius 1 is 1.44 bits per heavy atom. The zero-order chi connectivity index (χ0) is 13.0. The highest BCUT2D eigenvalue weighted by molar-refractivity contribution is 9.10. The maximum absolute atomic E-state index is 6.03. The van der Waals surface area contributed by atoms with Gasteiger partial charge in [-0.05, 0) is 24.7 Å². The van der Waals surface area contributed by atoms with Crippen molar-refractivity contribution >= 4 is 38.9 Å². The lowest BCUT2D eigenvalue weighted by molar-refractivity contribution is 0.473. The molecule has 0 amide bonds. The predicted octanol–water partition coefficient (Wildman–Crippen LogP) is 3.86. The number of aromatic nitrogens is 2. The molecule has 0 saturated carbocycles. The number of hydrogen-bond acceptors (Lipinski definition) is 5. The monoisotopic (exact) mass is 347 g/mol. The minimum Gasteiger partial charge on any atom is -0.428 e. The van der Waals surface area contributed by atoms with Crippen molar-refractivity contribution in [2.45, 2.75) is 13.5 Å². The van der Waals surface area contributed by atoms with Gasteiger partial charge in [-0.25, -0.2) is 0 Å². The Kier molecular flexibility index (Phi) is 4.94. The Hall–Kier alpha value is -0.690. The second-order valence-electron chi connectivity index (χ2n) is 3.42. The van der Waals surface area contributed by atoms with Gasteiger partial charge in [0, 0.05) is 11.0 Å². The van der Waals surface area contributed by atoms with Crippen LogP contribution in [0.3, 0.4) is 0 Å². The van der Waals surface area contributed by atoms with E-state index in [1.807, 2.05) is 13.0 Å². The second kappa shape index (κ2) is 6.47. The number of ether oxygens (including phenoxy) is 1. The van der Waals surface area contributed by atoms with E-state index >= 15 is 0 Å². The van der Waals surface area contributed by atoms with Crippen LogP contribution in [0.5, 0.6) is 10.9 Å². The molecule has 0 unspecified atom stereocenters. The molecule has 0 aliphatic carbocycles. The molecule has 96 valence electrons. The van der Waals surface area contributed by atoms with Gasteiger partial charge in [0.25, 0.3) is 5.19 Å². The Morgan fingerprint density at radius 2 is 2.28 bits per heavy atom. The summed E-state index contributed by atoms with van der Waals surface area (Å²) in [6.45, 7) is 3.64. The van der Waals surface area contributed by atoms with Crippen LogP contribution >= 0.6 is 38.9 Å². The predicted molar refractivity (Wildman–Crippen MR) is 76.5 cm³/mol. The fourth-order valence-electron chi connectivity index (χ4n) is 1.23. The number of nitrogens with one attached hydrogen (secondary N) is 1. The molecule has 2 aromatic rings. The van der Waals surface area contributed by atoms with Gasteiger partial charge in [-0.3, -0.25) is 0 Å². The molecule has 1 aromatic heterocycles. The largest absolute Gasteiger partial charge is 0.428 e. The van der Waals surface area contributed by atoms with Crippen LogP contribution in [-0.2, 0) is 6.54 Å². The van der Waals surface area contributed by atoms with E-state index in [1.165, 1.54) is 11.3 Å². The normalized spacial score (nSPS) is 10.6. The zero-order valence-electron chi connectivity index (χ0n) is 9.61. The summed E-state index contributed by atoms with van der Waals surface area (Å²) in [5.41, 5.74) is 0. The first-order chi connectivity index (χ1) is 8.69. The third kappa shape index (κ3) is 3.65. The lowest BCUT2D eigenvalue weighted by atomic mass is 10.3. The molecule has 1 N–H and O–H groups in total. The first-order valence-electron chi connectivity index (χ1n) is 5.35. The molecule has 7 heteroatoms. The molecule has 1 heterocycles. The van der Waals surface area contributed by atoms with Crippen LogP contribution in [0.2, 0.25) is 5.02 Å². The van der Waals surface area contributed by atoms with Gasteiger partial charge in [0.2, 0.25) is 0 Å². The molecule has 0 fully saturated rings. The lowest BCUT2D eigenvalue weighted by Gasteiger charge is -2.03. The average Bonchev–Trinajstić information content (AvgIpc) is 2.79. The quantitative estimate of drug-likeness (QED) is 0.891. The molecule has 0 saturated heterocycles. The summed E-state index contributed by atoms with van der Waals surface area (Å²) in [5, 5.41) is 13.1. The molecular formula is C11H11BrClN3OS. The zero-order valence-corrected chi connectivity index (χ0v) is 12.8. The van der Waals surface area contributed by atoms with Crippen LogP contribution in [-0.4, -0.2) is 16.7 Å². The molecule has 2 rings (SSSR count). The standard InChI is InChI=1S/C11H11BrClN3OS/c1-2-14-6-10-15-16-11(18-10)17-9-5-7(12)3-4-8(9)13/h3-5,14H,2,6H2,1H3. The second-order valence-corrected chi connectivity index (χ2v) is 5.77. The molecule has 1 aromatic carbocycles. The summed E-state index contributed by atoms with van der Waals surface area (Å²) < 4.78 is 6.51. The Bertz CT molecular complexity index is 535. The SMILES string of the molecule is CCNCc1nnc(Oc2cc(Br)ccc2Cl)s1. The van der Waals surface area contributed by atoms with Crippen molar-refractivity contribution in [1.29, 1.82) is 0 Å². The van der Waals surface area contributed by atoms with Gasteiger partial charge in [-0.2, -0.15) is 0 Å². The summed E-state index contributed by atoms with van der Waals surface area (Å²) >= 11 is 10.8. The van der Waals surface area contributed by atoms with Crippen LogP contribution in [0.4, 0.5) is 0 Å². The molecule has 4 nitrogen and oxygen atoms in total. The van der Waals surface area contributed by atoms with E-state index in [0.717, 1.165) is 16.0 Å². The topological polar surface area (TPSA) is 47.0 Å². The summed E-state index contributed by atoms with van der Waals surface area (Å²) in [4.78, 5) is 0. The van der Waals surface area contributed by atoms with Crippen LogP contribution in [0.1, 0.15) is 11.9 Å². The van der Waals surface area contributed by atoms with Crippen molar-refractivity contribution in [2.75, 3.05) is 6.54 Å². The molecule has 0 bridgehead atoms. The summed E-state index contributed by atoms with van der Waals surface area (Å²) in [7, 11) is 0. The highest BCUT2D eigenvalue weighted by Crippen LogP contribution is 2.33. The van der Waals surface area contributed by atoms with Gasteiger partial charge in [-0.1, -0.05) is 50.9 Å². The molecule has 0 spiro atoms. The van der Waals surface area contributed by atoms with E-state index in [-0.39, 0.29) is 0 Å². The van der Waals surface area contributed by atoms with Crippen molar-refractivity contribution in [1.82, 2.24) is 15.5 Å². The van der Waals surface area contributed by atoms with E-state index in [9.17, 15) is 0 Å². The Balaban J connectivity index is 2.08. The minimum absolute atomic E-state index is 0.489. The summed E-state index contributed by atoms with van der Waals surface area (Å²) in [6.07, 6.45) is 0. The van der Waals surface area contributed by atoms with Crippen molar-refractivity contribution in [3.05, 3.63) is 32.7 Å². The van der Waals surface area contributed by atoms with E-state index < -0.39 is 0 Å². The first-order valence-corrected chi connectivity index (χ1v) is 7.33. The first kappa shape index (κ1) is 13.7. The fraction of sp³-hybridized carbons (Fsp3) is 0.273. The van der Waals surface area contributed by atoms with Gasteiger partial charge < -0.3 is 10.1 Å². The van der Waals surface area contributed by atoms with Crippen molar-refractivity contribution in [2.24, 2.45) is 0 Å². The van der Waals surface area contributed by atoms with Crippen LogP contribution in [0.15, 0.2) is 22.7 Å². The minimum atomic E-state index is 0.489. The average molecular weight is 349 g/mol. The van der Waals surface area contributed by atoms with Gasteiger partial charge in [-0.15, -0.1) is 5.10 Å². The molecule has 0 atom stereocenters. The highest BCUT2D eigenvalue weighted by atomic mass is 79.9. The van der Waals surface area contributed by atoms with Gasteiger partial charge in [0.15, 0.2) is 0 Å². The van der Waals surface area contributed by atoms with Crippen molar-refractivity contribution in [3.8, 4) is 10.9 Å². The van der Waals surface area contributed by atoms with Crippen LogP contribution in [0.25, 0.3) is 0 Å². The third-order valence-corrected chi connectivity index (χ3v) is 3.67. The van der Waals surface area contributed by atoms with E-state index in [4.69, 9.17) is 16.3 Å². The maximum atomic E-state index is 6.03. The van der Waals surface area contributed by atoms with Gasteiger partial charge >= 0.3 is 0 Å². The number of rotatable bonds is 5. The summed E-state index contributed by atoms with van der Waals surface area (Å²) in [5.74, 6) is 0.567. The number of benzene rings is 1. The van der Waals surface area contributed by atoms with Gasteiger partial charge in [0.05, 0.1) is 5.02 Å². The number of halogens is 2. The maximum Gasteiger partial charge on any atom is 0.299 e. The lowest BCUT2D eigenvalue weighted by Crippen LogP contribution is -2.11. The van der Waals surface area contributed by atoms with Gasteiger partial charge in [0.1, 0.15) is 10.8 Å². The molecule has 18 heavy (non-hydrogen) atoms. The smallest absolute Gasteiger partial charge is 0.299 e. The molecule has 0 aliphatic rings. The fourth-order valence-corrected chi connectivity index (χ4v) is 2.40. The Morgan fingerprint density at radius 3 is 3.06 bits per heavy atom. The Labute approximate surface area is 122 Å².